The molecule has 0 aromatic heterocycles. The van der Waals surface area contributed by atoms with Crippen molar-refractivity contribution in [2.75, 3.05) is 53.0 Å². The molecule has 2 saturated heterocycles. The Morgan fingerprint density at radius 2 is 2.10 bits per heavy atom. The third kappa shape index (κ3) is 4.41. The van der Waals surface area contributed by atoms with E-state index in [1.807, 2.05) is 0 Å². The van der Waals surface area contributed by atoms with E-state index >= 15 is 0 Å². The van der Waals surface area contributed by atoms with E-state index in [9.17, 15) is 4.79 Å². The van der Waals surface area contributed by atoms with Crippen LogP contribution in [0.2, 0.25) is 0 Å². The SMILES string of the molecule is CN1CCOC(CN(CC2CC2)C(=O)C2CCCOC2)C1. The van der Waals surface area contributed by atoms with Crippen molar-refractivity contribution < 1.29 is 14.3 Å². The molecule has 2 heterocycles. The molecule has 3 rings (SSSR count). The molecule has 5 heteroatoms. The fourth-order valence-electron chi connectivity index (χ4n) is 3.28. The van der Waals surface area contributed by atoms with E-state index < -0.39 is 0 Å². The fourth-order valence-corrected chi connectivity index (χ4v) is 3.28. The molecule has 2 aliphatic heterocycles. The lowest BCUT2D eigenvalue weighted by Gasteiger charge is -2.36. The Bertz CT molecular complexity index is 353. The number of carbonyl (C=O) groups excluding carboxylic acids is 1. The quantitative estimate of drug-likeness (QED) is 0.758. The molecule has 21 heavy (non-hydrogen) atoms. The second-order valence-electron chi connectivity index (χ2n) is 6.86. The van der Waals surface area contributed by atoms with Gasteiger partial charge >= 0.3 is 0 Å². The molecular weight excluding hydrogens is 268 g/mol. The Kier molecular flexibility index (Phi) is 5.14. The molecule has 0 radical (unpaired) electrons. The van der Waals surface area contributed by atoms with Gasteiger partial charge in [0, 0.05) is 32.8 Å². The average molecular weight is 296 g/mol. The van der Waals surface area contributed by atoms with Crippen LogP contribution in [-0.2, 0) is 14.3 Å². The standard InChI is InChI=1S/C16H28N2O3/c1-17-6-8-21-15(10-17)11-18(9-13-4-5-13)16(19)14-3-2-7-20-12-14/h13-15H,2-12H2,1H3. The van der Waals surface area contributed by atoms with E-state index in [-0.39, 0.29) is 12.0 Å². The summed E-state index contributed by atoms with van der Waals surface area (Å²) in [6.07, 6.45) is 4.70. The van der Waals surface area contributed by atoms with E-state index in [4.69, 9.17) is 9.47 Å². The van der Waals surface area contributed by atoms with Crippen LogP contribution >= 0.6 is 0 Å². The highest BCUT2D eigenvalue weighted by Gasteiger charge is 2.33. The lowest BCUT2D eigenvalue weighted by molar-refractivity contribution is -0.143. The second kappa shape index (κ2) is 7.07. The number of morpholine rings is 1. The van der Waals surface area contributed by atoms with Crippen molar-refractivity contribution in [2.45, 2.75) is 31.8 Å². The molecule has 1 saturated carbocycles. The first-order valence-corrected chi connectivity index (χ1v) is 8.39. The fraction of sp³-hybridized carbons (Fsp3) is 0.938. The molecule has 0 bridgehead atoms. The Balaban J connectivity index is 1.57. The first kappa shape index (κ1) is 15.3. The monoisotopic (exact) mass is 296 g/mol. The average Bonchev–Trinajstić information content (AvgIpc) is 3.31. The van der Waals surface area contributed by atoms with E-state index in [0.717, 1.165) is 58.2 Å². The van der Waals surface area contributed by atoms with Gasteiger partial charge in [-0.1, -0.05) is 0 Å². The van der Waals surface area contributed by atoms with E-state index in [2.05, 4.69) is 16.8 Å². The van der Waals surface area contributed by atoms with Crippen molar-refractivity contribution in [1.82, 2.24) is 9.80 Å². The van der Waals surface area contributed by atoms with Crippen molar-refractivity contribution in [2.24, 2.45) is 11.8 Å². The summed E-state index contributed by atoms with van der Waals surface area (Å²) in [5.74, 6) is 1.08. The van der Waals surface area contributed by atoms with Gasteiger partial charge in [-0.3, -0.25) is 4.79 Å². The first-order chi connectivity index (χ1) is 10.2. The molecule has 120 valence electrons. The Labute approximate surface area is 127 Å². The second-order valence-corrected chi connectivity index (χ2v) is 6.86. The molecular formula is C16H28N2O3. The van der Waals surface area contributed by atoms with Crippen LogP contribution in [0, 0.1) is 11.8 Å². The zero-order valence-electron chi connectivity index (χ0n) is 13.1. The van der Waals surface area contributed by atoms with Gasteiger partial charge in [0.05, 0.1) is 25.2 Å². The number of ether oxygens (including phenoxy) is 2. The van der Waals surface area contributed by atoms with Gasteiger partial charge in [-0.2, -0.15) is 0 Å². The van der Waals surface area contributed by atoms with Gasteiger partial charge in [0.25, 0.3) is 0 Å². The highest BCUT2D eigenvalue weighted by atomic mass is 16.5. The van der Waals surface area contributed by atoms with Crippen LogP contribution in [0.25, 0.3) is 0 Å². The highest BCUT2D eigenvalue weighted by molar-refractivity contribution is 5.79. The Morgan fingerprint density at radius 1 is 1.24 bits per heavy atom. The van der Waals surface area contributed by atoms with Gasteiger partial charge < -0.3 is 19.3 Å². The van der Waals surface area contributed by atoms with Gasteiger partial charge in [0.2, 0.25) is 5.91 Å². The van der Waals surface area contributed by atoms with Crippen molar-refractivity contribution in [3.63, 3.8) is 0 Å². The molecule has 0 N–H and O–H groups in total. The molecule has 3 aliphatic rings. The molecule has 1 amide bonds. The summed E-state index contributed by atoms with van der Waals surface area (Å²) in [6, 6.07) is 0. The van der Waals surface area contributed by atoms with Gasteiger partial charge in [-0.05, 0) is 38.6 Å². The molecule has 3 fully saturated rings. The van der Waals surface area contributed by atoms with Crippen LogP contribution in [0.5, 0.6) is 0 Å². The molecule has 2 unspecified atom stereocenters. The molecule has 0 aromatic carbocycles. The van der Waals surface area contributed by atoms with Gasteiger partial charge in [0.1, 0.15) is 0 Å². The normalized spacial score (nSPS) is 31.1. The number of likely N-dealkylation sites (N-methyl/N-ethyl adjacent to an activating group) is 1. The third-order valence-electron chi connectivity index (χ3n) is 4.76. The lowest BCUT2D eigenvalue weighted by atomic mass is 10.00. The van der Waals surface area contributed by atoms with Crippen LogP contribution in [0.3, 0.4) is 0 Å². The van der Waals surface area contributed by atoms with Crippen LogP contribution in [0.1, 0.15) is 25.7 Å². The summed E-state index contributed by atoms with van der Waals surface area (Å²) in [7, 11) is 2.12. The van der Waals surface area contributed by atoms with Crippen molar-refractivity contribution in [3.05, 3.63) is 0 Å². The number of amides is 1. The van der Waals surface area contributed by atoms with Gasteiger partial charge in [-0.15, -0.1) is 0 Å². The third-order valence-corrected chi connectivity index (χ3v) is 4.76. The summed E-state index contributed by atoms with van der Waals surface area (Å²) in [4.78, 5) is 17.2. The summed E-state index contributed by atoms with van der Waals surface area (Å²) in [6.45, 7) is 5.77. The Morgan fingerprint density at radius 3 is 2.76 bits per heavy atom. The van der Waals surface area contributed by atoms with Crippen LogP contribution in [0.15, 0.2) is 0 Å². The number of carbonyl (C=O) groups is 1. The maximum Gasteiger partial charge on any atom is 0.228 e. The largest absolute Gasteiger partial charge is 0.381 e. The van der Waals surface area contributed by atoms with Gasteiger partial charge in [-0.25, -0.2) is 0 Å². The zero-order valence-corrected chi connectivity index (χ0v) is 13.1. The first-order valence-electron chi connectivity index (χ1n) is 8.39. The van der Waals surface area contributed by atoms with Crippen molar-refractivity contribution >= 4 is 5.91 Å². The number of hydrogen-bond acceptors (Lipinski definition) is 4. The Hall–Kier alpha value is -0.650. The van der Waals surface area contributed by atoms with Crippen LogP contribution < -0.4 is 0 Å². The van der Waals surface area contributed by atoms with Crippen molar-refractivity contribution in [3.8, 4) is 0 Å². The zero-order chi connectivity index (χ0) is 14.7. The predicted molar refractivity (Wildman–Crippen MR) is 80.1 cm³/mol. The minimum atomic E-state index is 0.0684. The van der Waals surface area contributed by atoms with Crippen LogP contribution in [0.4, 0.5) is 0 Å². The van der Waals surface area contributed by atoms with E-state index in [0.29, 0.717) is 12.5 Å². The van der Waals surface area contributed by atoms with E-state index in [1.165, 1.54) is 12.8 Å². The molecule has 0 aromatic rings. The summed E-state index contributed by atoms with van der Waals surface area (Å²) < 4.78 is 11.3. The topological polar surface area (TPSA) is 42.0 Å². The smallest absolute Gasteiger partial charge is 0.228 e. The summed E-state index contributed by atoms with van der Waals surface area (Å²) in [5.41, 5.74) is 0. The number of nitrogens with zero attached hydrogens (tertiary/aromatic N) is 2. The van der Waals surface area contributed by atoms with E-state index in [1.54, 1.807) is 0 Å². The predicted octanol–water partition coefficient (Wildman–Crippen LogP) is 0.982. The molecule has 2 atom stereocenters. The maximum atomic E-state index is 12.8. The minimum absolute atomic E-state index is 0.0684. The molecule has 1 aliphatic carbocycles. The molecule has 5 nitrogen and oxygen atoms in total. The van der Waals surface area contributed by atoms with Crippen LogP contribution in [-0.4, -0.2) is 74.9 Å². The minimum Gasteiger partial charge on any atom is -0.381 e. The van der Waals surface area contributed by atoms with Gasteiger partial charge in [0.15, 0.2) is 0 Å². The summed E-state index contributed by atoms with van der Waals surface area (Å²) in [5, 5.41) is 0. The highest BCUT2D eigenvalue weighted by Crippen LogP contribution is 2.31. The lowest BCUT2D eigenvalue weighted by Crippen LogP contribution is -2.50. The van der Waals surface area contributed by atoms with Crippen molar-refractivity contribution in [1.29, 1.82) is 0 Å². The summed E-state index contributed by atoms with van der Waals surface area (Å²) >= 11 is 0. The maximum absolute atomic E-state index is 12.8. The molecule has 0 spiro atoms. The number of rotatable bonds is 5. The number of hydrogen-bond donors (Lipinski definition) is 0.